The molecule has 0 aliphatic carbocycles. The molecule has 0 bridgehead atoms. The summed E-state index contributed by atoms with van der Waals surface area (Å²) in [4.78, 5) is 12.5. The van der Waals surface area contributed by atoms with Gasteiger partial charge in [0.15, 0.2) is 23.0 Å². The third kappa shape index (κ3) is 3.98. The fourth-order valence-electron chi connectivity index (χ4n) is 2.74. The predicted octanol–water partition coefficient (Wildman–Crippen LogP) is 3.22. The molecule has 9 heteroatoms. The van der Waals surface area contributed by atoms with E-state index in [1.54, 1.807) is 49.6 Å². The van der Waals surface area contributed by atoms with Gasteiger partial charge in [0, 0.05) is 17.8 Å². The van der Waals surface area contributed by atoms with E-state index in [0.29, 0.717) is 34.5 Å². The number of anilines is 3. The highest BCUT2D eigenvalue weighted by atomic mass is 16.7. The highest BCUT2D eigenvalue weighted by Crippen LogP contribution is 2.35. The Bertz CT molecular complexity index is 1040. The highest BCUT2D eigenvalue weighted by Gasteiger charge is 2.15. The van der Waals surface area contributed by atoms with Gasteiger partial charge in [0.25, 0.3) is 5.91 Å². The first-order valence-electron chi connectivity index (χ1n) is 8.70. The molecule has 1 aliphatic heterocycles. The normalized spacial score (nSPS) is 11.7. The molecule has 148 valence electrons. The summed E-state index contributed by atoms with van der Waals surface area (Å²) in [5.74, 6) is 2.52. The number of amides is 1. The van der Waals surface area contributed by atoms with Gasteiger partial charge in [0.1, 0.15) is 11.5 Å². The lowest BCUT2D eigenvalue weighted by atomic mass is 10.2. The second-order valence-electron chi connectivity index (χ2n) is 6.02. The van der Waals surface area contributed by atoms with Crippen molar-refractivity contribution >= 4 is 23.1 Å². The Morgan fingerprint density at radius 1 is 0.966 bits per heavy atom. The Balaban J connectivity index is 1.46. The van der Waals surface area contributed by atoms with Gasteiger partial charge >= 0.3 is 0 Å². The molecule has 2 N–H and O–H groups in total. The van der Waals surface area contributed by atoms with E-state index >= 15 is 0 Å². The number of hydrogen-bond donors (Lipinski definition) is 2. The van der Waals surface area contributed by atoms with Crippen LogP contribution in [0.4, 0.5) is 17.2 Å². The summed E-state index contributed by atoms with van der Waals surface area (Å²) in [6, 6.07) is 13.8. The number of benzene rings is 2. The molecule has 29 heavy (non-hydrogen) atoms. The number of carbonyl (C=O) groups excluding carboxylic acids is 1. The van der Waals surface area contributed by atoms with Gasteiger partial charge in [-0.1, -0.05) is 0 Å². The van der Waals surface area contributed by atoms with E-state index in [0.717, 1.165) is 5.69 Å². The van der Waals surface area contributed by atoms with E-state index in [4.69, 9.17) is 18.9 Å². The molecule has 4 rings (SSSR count). The number of hydrogen-bond acceptors (Lipinski definition) is 8. The number of aromatic nitrogens is 2. The number of carbonyl (C=O) groups is 1. The van der Waals surface area contributed by atoms with Gasteiger partial charge in [-0.05, 0) is 36.4 Å². The minimum atomic E-state index is -0.418. The summed E-state index contributed by atoms with van der Waals surface area (Å²) >= 11 is 0. The largest absolute Gasteiger partial charge is 0.497 e. The second kappa shape index (κ2) is 7.93. The Morgan fingerprint density at radius 2 is 1.83 bits per heavy atom. The van der Waals surface area contributed by atoms with Crippen LogP contribution in [0, 0.1) is 0 Å². The highest BCUT2D eigenvalue weighted by molar-refractivity contribution is 6.03. The average Bonchev–Trinajstić information content (AvgIpc) is 3.22. The Morgan fingerprint density at radius 3 is 2.59 bits per heavy atom. The Labute approximate surface area is 166 Å². The molecule has 2 heterocycles. The van der Waals surface area contributed by atoms with Crippen molar-refractivity contribution in [1.29, 1.82) is 0 Å². The number of fused-ring (bicyclic) bond motifs is 1. The molecule has 1 aliphatic rings. The number of ether oxygens (including phenoxy) is 4. The molecule has 2 aromatic carbocycles. The molecule has 0 unspecified atom stereocenters. The van der Waals surface area contributed by atoms with Gasteiger partial charge < -0.3 is 29.6 Å². The van der Waals surface area contributed by atoms with Crippen molar-refractivity contribution in [3.63, 3.8) is 0 Å². The number of methoxy groups -OCH3 is 2. The first-order valence-corrected chi connectivity index (χ1v) is 8.70. The lowest BCUT2D eigenvalue weighted by molar-refractivity contribution is 0.102. The third-order valence-electron chi connectivity index (χ3n) is 4.20. The van der Waals surface area contributed by atoms with Crippen LogP contribution in [0.5, 0.6) is 23.0 Å². The molecule has 1 aromatic heterocycles. The van der Waals surface area contributed by atoms with Gasteiger partial charge in [-0.25, -0.2) is 0 Å². The van der Waals surface area contributed by atoms with Crippen LogP contribution in [-0.2, 0) is 0 Å². The van der Waals surface area contributed by atoms with Gasteiger partial charge in [-0.2, -0.15) is 0 Å². The summed E-state index contributed by atoms with van der Waals surface area (Å²) in [5.41, 5.74) is 1.40. The first kappa shape index (κ1) is 18.4. The average molecular weight is 394 g/mol. The molecule has 1 amide bonds. The summed E-state index contributed by atoms with van der Waals surface area (Å²) < 4.78 is 21.1. The van der Waals surface area contributed by atoms with E-state index < -0.39 is 5.91 Å². The van der Waals surface area contributed by atoms with Crippen LogP contribution in [0.3, 0.4) is 0 Å². The SMILES string of the molecule is COc1ccc(OC)c(NC(=O)c2ccc(Nc3ccc4c(c3)OCO4)nn2)c1. The Kier molecular flexibility index (Phi) is 5.02. The van der Waals surface area contributed by atoms with E-state index in [1.165, 1.54) is 7.11 Å². The van der Waals surface area contributed by atoms with Crippen molar-refractivity contribution in [2.75, 3.05) is 31.6 Å². The zero-order valence-electron chi connectivity index (χ0n) is 15.8. The molecule has 3 aromatic rings. The van der Waals surface area contributed by atoms with E-state index in [-0.39, 0.29) is 12.5 Å². The van der Waals surface area contributed by atoms with Gasteiger partial charge in [-0.3, -0.25) is 4.79 Å². The predicted molar refractivity (Wildman–Crippen MR) is 105 cm³/mol. The minimum Gasteiger partial charge on any atom is -0.497 e. The summed E-state index contributed by atoms with van der Waals surface area (Å²) in [5, 5.41) is 13.9. The van der Waals surface area contributed by atoms with Gasteiger partial charge in [0.05, 0.1) is 19.9 Å². The monoisotopic (exact) mass is 394 g/mol. The van der Waals surface area contributed by atoms with E-state index in [2.05, 4.69) is 20.8 Å². The lowest BCUT2D eigenvalue weighted by Gasteiger charge is -2.11. The summed E-state index contributed by atoms with van der Waals surface area (Å²) in [6.07, 6.45) is 0. The van der Waals surface area contributed by atoms with E-state index in [1.807, 2.05) is 6.07 Å². The molecule has 0 saturated heterocycles. The van der Waals surface area contributed by atoms with Crippen molar-refractivity contribution in [2.24, 2.45) is 0 Å². The van der Waals surface area contributed by atoms with Crippen LogP contribution < -0.4 is 29.6 Å². The van der Waals surface area contributed by atoms with Crippen molar-refractivity contribution in [3.05, 3.63) is 54.2 Å². The quantitative estimate of drug-likeness (QED) is 0.657. The maximum atomic E-state index is 12.5. The topological polar surface area (TPSA) is 104 Å². The van der Waals surface area contributed by atoms with Crippen LogP contribution in [0.2, 0.25) is 0 Å². The summed E-state index contributed by atoms with van der Waals surface area (Å²) in [6.45, 7) is 0.209. The molecule has 0 atom stereocenters. The number of rotatable bonds is 6. The van der Waals surface area contributed by atoms with E-state index in [9.17, 15) is 4.79 Å². The maximum absolute atomic E-state index is 12.5. The smallest absolute Gasteiger partial charge is 0.276 e. The molecule has 0 fully saturated rings. The molecule has 9 nitrogen and oxygen atoms in total. The van der Waals surface area contributed by atoms with Crippen molar-refractivity contribution in [1.82, 2.24) is 10.2 Å². The van der Waals surface area contributed by atoms with Crippen molar-refractivity contribution in [3.8, 4) is 23.0 Å². The molecule has 0 spiro atoms. The fraction of sp³-hybridized carbons (Fsp3) is 0.150. The van der Waals surface area contributed by atoms with Gasteiger partial charge in [-0.15, -0.1) is 10.2 Å². The van der Waals surface area contributed by atoms with Crippen molar-refractivity contribution in [2.45, 2.75) is 0 Å². The maximum Gasteiger partial charge on any atom is 0.276 e. The van der Waals surface area contributed by atoms with Crippen LogP contribution in [0.15, 0.2) is 48.5 Å². The number of nitrogens with one attached hydrogen (secondary N) is 2. The standard InChI is InChI=1S/C20H18N4O5/c1-26-13-4-7-16(27-2)15(10-13)22-20(25)14-5-8-19(24-23-14)21-12-3-6-17-18(9-12)29-11-28-17/h3-10H,11H2,1-2H3,(H,21,24)(H,22,25). The molecular weight excluding hydrogens is 376 g/mol. The molecular formula is C20H18N4O5. The summed E-state index contributed by atoms with van der Waals surface area (Å²) in [7, 11) is 3.07. The minimum absolute atomic E-state index is 0.158. The third-order valence-corrected chi connectivity index (χ3v) is 4.20. The first-order chi connectivity index (χ1) is 14.2. The van der Waals surface area contributed by atoms with Crippen LogP contribution in [-0.4, -0.2) is 37.1 Å². The second-order valence-corrected chi connectivity index (χ2v) is 6.02. The lowest BCUT2D eigenvalue weighted by Crippen LogP contribution is -2.15. The fourth-order valence-corrected chi connectivity index (χ4v) is 2.74. The Hall–Kier alpha value is -4.01. The molecule has 0 radical (unpaired) electrons. The zero-order chi connectivity index (χ0) is 20.2. The van der Waals surface area contributed by atoms with Crippen LogP contribution in [0.25, 0.3) is 0 Å². The zero-order valence-corrected chi connectivity index (χ0v) is 15.8. The van der Waals surface area contributed by atoms with Gasteiger partial charge in [0.2, 0.25) is 6.79 Å². The van der Waals surface area contributed by atoms with Crippen LogP contribution >= 0.6 is 0 Å². The molecule has 0 saturated carbocycles. The van der Waals surface area contributed by atoms with Crippen molar-refractivity contribution < 1.29 is 23.7 Å². The number of nitrogens with zero attached hydrogens (tertiary/aromatic N) is 2. The van der Waals surface area contributed by atoms with Crippen LogP contribution in [0.1, 0.15) is 10.5 Å².